The minimum Gasteiger partial charge on any atom is -0.366 e. The van der Waals surface area contributed by atoms with Crippen LogP contribution < -0.4 is 15.5 Å². The molecule has 0 fully saturated rings. The second-order valence-electron chi connectivity index (χ2n) is 6.75. The molecule has 0 saturated carbocycles. The molecular weight excluding hydrogens is 387 g/mol. The van der Waals surface area contributed by atoms with E-state index in [1.165, 1.54) is 11.3 Å². The van der Waals surface area contributed by atoms with Gasteiger partial charge < -0.3 is 15.5 Å². The van der Waals surface area contributed by atoms with Crippen molar-refractivity contribution in [3.63, 3.8) is 0 Å². The topological polar surface area (TPSA) is 39.7 Å². The Morgan fingerprint density at radius 2 is 2.00 bits per heavy atom. The van der Waals surface area contributed by atoms with Gasteiger partial charge in [0.15, 0.2) is 5.96 Å². The molecule has 0 aliphatic carbocycles. The molecule has 0 radical (unpaired) electrons. The smallest absolute Gasteiger partial charge is 0.191 e. The highest BCUT2D eigenvalue weighted by atomic mass is 127. The van der Waals surface area contributed by atoms with E-state index in [0.717, 1.165) is 25.5 Å². The van der Waals surface area contributed by atoms with Gasteiger partial charge in [0.25, 0.3) is 0 Å². The number of rotatable bonds is 3. The van der Waals surface area contributed by atoms with Crippen LogP contribution in [-0.4, -0.2) is 37.7 Å². The lowest BCUT2D eigenvalue weighted by molar-refractivity contribution is 0.498. The lowest BCUT2D eigenvalue weighted by Gasteiger charge is -2.29. The average molecular weight is 416 g/mol. The zero-order chi connectivity index (χ0) is 15.5. The lowest BCUT2D eigenvalue weighted by Crippen LogP contribution is -2.50. The molecule has 1 heterocycles. The van der Waals surface area contributed by atoms with E-state index < -0.39 is 0 Å². The monoisotopic (exact) mass is 416 g/mol. The average Bonchev–Trinajstić information content (AvgIpc) is 2.85. The number of nitrogens with zero attached hydrogens (tertiary/aromatic N) is 2. The molecule has 1 atom stereocenters. The Hall–Kier alpha value is -0.980. The Morgan fingerprint density at radius 3 is 2.64 bits per heavy atom. The van der Waals surface area contributed by atoms with Crippen LogP contribution in [0.1, 0.15) is 33.3 Å². The predicted octanol–water partition coefficient (Wildman–Crippen LogP) is 3.02. The largest absolute Gasteiger partial charge is 0.366 e. The standard InChI is InChI=1S/C17H28N4.HI/c1-13(12-19-16(18-5)20-17(2,3)4)21-11-10-14-8-6-7-9-15(14)21;/h6-9,13H,10-12H2,1-5H3,(H2,18,19,20);1H. The summed E-state index contributed by atoms with van der Waals surface area (Å²) < 4.78 is 0. The number of nitrogens with one attached hydrogen (secondary N) is 2. The van der Waals surface area contributed by atoms with Gasteiger partial charge in [-0.05, 0) is 45.7 Å². The molecule has 2 rings (SSSR count). The van der Waals surface area contributed by atoms with Crippen LogP contribution in [0.25, 0.3) is 0 Å². The summed E-state index contributed by atoms with van der Waals surface area (Å²) in [6.45, 7) is 10.7. The van der Waals surface area contributed by atoms with Gasteiger partial charge in [0, 0.05) is 37.4 Å². The van der Waals surface area contributed by atoms with E-state index in [9.17, 15) is 0 Å². The number of guanidine groups is 1. The summed E-state index contributed by atoms with van der Waals surface area (Å²) in [7, 11) is 1.82. The number of hydrogen-bond donors (Lipinski definition) is 2. The van der Waals surface area contributed by atoms with Gasteiger partial charge in [0.05, 0.1) is 0 Å². The van der Waals surface area contributed by atoms with E-state index in [2.05, 4.69) is 72.5 Å². The third kappa shape index (κ3) is 5.04. The highest BCUT2D eigenvalue weighted by Crippen LogP contribution is 2.28. The number of anilines is 1. The van der Waals surface area contributed by atoms with Crippen molar-refractivity contribution in [2.45, 2.75) is 45.7 Å². The first-order valence-corrected chi connectivity index (χ1v) is 7.74. The van der Waals surface area contributed by atoms with Crippen LogP contribution in [0.4, 0.5) is 5.69 Å². The molecule has 1 aromatic carbocycles. The molecule has 1 aliphatic heterocycles. The lowest BCUT2D eigenvalue weighted by atomic mass is 10.1. The summed E-state index contributed by atoms with van der Waals surface area (Å²) in [5.74, 6) is 0.863. The molecule has 0 bridgehead atoms. The summed E-state index contributed by atoms with van der Waals surface area (Å²) in [5.41, 5.74) is 2.86. The van der Waals surface area contributed by atoms with Gasteiger partial charge in [-0.15, -0.1) is 24.0 Å². The van der Waals surface area contributed by atoms with Gasteiger partial charge in [-0.3, -0.25) is 4.99 Å². The maximum Gasteiger partial charge on any atom is 0.191 e. The zero-order valence-electron chi connectivity index (χ0n) is 14.3. The fraction of sp³-hybridized carbons (Fsp3) is 0.588. The minimum atomic E-state index is 0. The van der Waals surface area contributed by atoms with Crippen LogP contribution in [0.5, 0.6) is 0 Å². The Kier molecular flexibility index (Phi) is 6.97. The molecule has 5 heteroatoms. The molecule has 0 amide bonds. The van der Waals surface area contributed by atoms with Gasteiger partial charge in [-0.1, -0.05) is 18.2 Å². The third-order valence-electron chi connectivity index (χ3n) is 3.74. The van der Waals surface area contributed by atoms with Gasteiger partial charge in [0.1, 0.15) is 0 Å². The Morgan fingerprint density at radius 1 is 1.32 bits per heavy atom. The van der Waals surface area contributed by atoms with Crippen molar-refractivity contribution in [3.8, 4) is 0 Å². The summed E-state index contributed by atoms with van der Waals surface area (Å²) in [6.07, 6.45) is 1.15. The Bertz CT molecular complexity index is 508. The second-order valence-corrected chi connectivity index (χ2v) is 6.75. The van der Waals surface area contributed by atoms with Crippen LogP contribution >= 0.6 is 24.0 Å². The number of fused-ring (bicyclic) bond motifs is 1. The second kappa shape index (κ2) is 8.04. The summed E-state index contributed by atoms with van der Waals surface area (Å²) in [6, 6.07) is 9.14. The summed E-state index contributed by atoms with van der Waals surface area (Å²) in [5, 5.41) is 6.82. The normalized spacial score (nSPS) is 15.9. The highest BCUT2D eigenvalue weighted by Gasteiger charge is 2.23. The minimum absolute atomic E-state index is 0. The Balaban J connectivity index is 0.00000242. The number of hydrogen-bond acceptors (Lipinski definition) is 2. The van der Waals surface area contributed by atoms with E-state index in [1.807, 2.05) is 7.05 Å². The van der Waals surface area contributed by atoms with Crippen molar-refractivity contribution in [2.75, 3.05) is 25.0 Å². The maximum absolute atomic E-state index is 4.29. The van der Waals surface area contributed by atoms with Gasteiger partial charge in [-0.2, -0.15) is 0 Å². The van der Waals surface area contributed by atoms with Crippen molar-refractivity contribution < 1.29 is 0 Å². The van der Waals surface area contributed by atoms with E-state index in [1.54, 1.807) is 0 Å². The molecular formula is C17H29IN4. The van der Waals surface area contributed by atoms with E-state index in [-0.39, 0.29) is 29.5 Å². The van der Waals surface area contributed by atoms with Crippen LogP contribution in [0.2, 0.25) is 0 Å². The predicted molar refractivity (Wildman–Crippen MR) is 107 cm³/mol. The first-order chi connectivity index (χ1) is 9.90. The quantitative estimate of drug-likeness (QED) is 0.452. The first-order valence-electron chi connectivity index (χ1n) is 7.74. The van der Waals surface area contributed by atoms with Gasteiger partial charge >= 0.3 is 0 Å². The number of halogens is 1. The molecule has 0 spiro atoms. The third-order valence-corrected chi connectivity index (χ3v) is 3.74. The molecule has 4 nitrogen and oxygen atoms in total. The van der Waals surface area contributed by atoms with Crippen molar-refractivity contribution in [1.29, 1.82) is 0 Å². The van der Waals surface area contributed by atoms with Crippen LogP contribution in [0, 0.1) is 0 Å². The fourth-order valence-corrected chi connectivity index (χ4v) is 2.71. The van der Waals surface area contributed by atoms with E-state index >= 15 is 0 Å². The van der Waals surface area contributed by atoms with Crippen molar-refractivity contribution in [1.82, 2.24) is 10.6 Å². The van der Waals surface area contributed by atoms with Crippen LogP contribution in [0.3, 0.4) is 0 Å². The summed E-state index contributed by atoms with van der Waals surface area (Å²) >= 11 is 0. The summed E-state index contributed by atoms with van der Waals surface area (Å²) in [4.78, 5) is 6.77. The molecule has 1 unspecified atom stereocenters. The maximum atomic E-state index is 4.29. The molecule has 124 valence electrons. The molecule has 1 aromatic rings. The number of aliphatic imine (C=N–C) groups is 1. The van der Waals surface area contributed by atoms with Crippen LogP contribution in [0.15, 0.2) is 29.3 Å². The Labute approximate surface area is 151 Å². The van der Waals surface area contributed by atoms with Crippen molar-refractivity contribution in [3.05, 3.63) is 29.8 Å². The van der Waals surface area contributed by atoms with E-state index in [4.69, 9.17) is 0 Å². The van der Waals surface area contributed by atoms with E-state index in [0.29, 0.717) is 6.04 Å². The van der Waals surface area contributed by atoms with Crippen molar-refractivity contribution in [2.24, 2.45) is 4.99 Å². The van der Waals surface area contributed by atoms with Crippen molar-refractivity contribution >= 4 is 35.6 Å². The van der Waals surface area contributed by atoms with Gasteiger partial charge in [0.2, 0.25) is 0 Å². The SMILES string of the molecule is CN=C(NCC(C)N1CCc2ccccc21)NC(C)(C)C.I. The highest BCUT2D eigenvalue weighted by molar-refractivity contribution is 14.0. The number of para-hydroxylation sites is 1. The molecule has 2 N–H and O–H groups in total. The molecule has 22 heavy (non-hydrogen) atoms. The zero-order valence-corrected chi connectivity index (χ0v) is 16.6. The van der Waals surface area contributed by atoms with Crippen LogP contribution in [-0.2, 0) is 6.42 Å². The molecule has 0 saturated heterocycles. The molecule has 1 aliphatic rings. The number of benzene rings is 1. The molecule has 0 aromatic heterocycles. The first kappa shape index (κ1) is 19.1. The van der Waals surface area contributed by atoms with Gasteiger partial charge in [-0.25, -0.2) is 0 Å². The fourth-order valence-electron chi connectivity index (χ4n) is 2.71.